The molecule has 12 heavy (non-hydrogen) atoms. The number of aliphatic hydroxyl groups excluding tert-OH is 2. The van der Waals surface area contributed by atoms with Gasteiger partial charge < -0.3 is 10.2 Å². The lowest BCUT2D eigenvalue weighted by Crippen LogP contribution is -2.34. The average Bonchev–Trinajstić information content (AvgIpc) is 2.00. The molecule has 0 heterocycles. The molecule has 0 saturated heterocycles. The second-order valence-corrected chi connectivity index (χ2v) is 3.40. The molecule has 2 N–H and O–H groups in total. The Morgan fingerprint density at radius 1 is 1.42 bits per heavy atom. The first-order valence-corrected chi connectivity index (χ1v) is 4.96. The number of hydrogen-bond acceptors (Lipinski definition) is 4. The summed E-state index contributed by atoms with van der Waals surface area (Å²) in [6, 6.07) is 0. The van der Waals surface area contributed by atoms with Gasteiger partial charge in [-0.3, -0.25) is 4.90 Å². The fraction of sp³-hybridized carbons (Fsp3) is 1.00. The molecule has 0 aliphatic rings. The average molecular weight is 193 g/mol. The molecule has 0 rings (SSSR count). The minimum Gasteiger partial charge on any atom is -0.395 e. The predicted molar refractivity (Wildman–Crippen MR) is 53.7 cm³/mol. The summed E-state index contributed by atoms with van der Waals surface area (Å²) in [5.74, 6) is 0.849. The number of thiol groups is 1. The largest absolute Gasteiger partial charge is 0.395 e. The Hall–Kier alpha value is 0.230. The molecule has 0 bridgehead atoms. The molecule has 4 heteroatoms. The number of rotatable bonds is 7. The van der Waals surface area contributed by atoms with Gasteiger partial charge in [-0.15, -0.1) is 0 Å². The summed E-state index contributed by atoms with van der Waals surface area (Å²) in [6.45, 7) is 4.08. The van der Waals surface area contributed by atoms with E-state index in [1.54, 1.807) is 6.92 Å². The van der Waals surface area contributed by atoms with E-state index in [0.717, 1.165) is 18.7 Å². The van der Waals surface area contributed by atoms with Crippen LogP contribution in [0.3, 0.4) is 0 Å². The van der Waals surface area contributed by atoms with Crippen LogP contribution in [0.2, 0.25) is 0 Å². The van der Waals surface area contributed by atoms with Gasteiger partial charge in [0.25, 0.3) is 0 Å². The van der Waals surface area contributed by atoms with Gasteiger partial charge in [0.15, 0.2) is 0 Å². The highest BCUT2D eigenvalue weighted by Crippen LogP contribution is 1.95. The lowest BCUT2D eigenvalue weighted by atomic mass is 10.3. The molecule has 0 saturated carbocycles. The van der Waals surface area contributed by atoms with Crippen LogP contribution in [0.5, 0.6) is 0 Å². The van der Waals surface area contributed by atoms with Gasteiger partial charge in [0, 0.05) is 13.1 Å². The maximum absolute atomic E-state index is 9.11. The summed E-state index contributed by atoms with van der Waals surface area (Å²) in [6.07, 6.45) is 0.673. The third-order valence-corrected chi connectivity index (χ3v) is 1.89. The second-order valence-electron chi connectivity index (χ2n) is 2.95. The molecule has 3 nitrogen and oxygen atoms in total. The van der Waals surface area contributed by atoms with E-state index in [1.807, 2.05) is 4.90 Å². The van der Waals surface area contributed by atoms with Crippen molar-refractivity contribution in [1.82, 2.24) is 4.90 Å². The number of hydrogen-bond donors (Lipinski definition) is 3. The number of nitrogens with zero attached hydrogens (tertiary/aromatic N) is 1. The van der Waals surface area contributed by atoms with Gasteiger partial charge in [0.1, 0.15) is 0 Å². The van der Waals surface area contributed by atoms with Crippen LogP contribution in [-0.2, 0) is 0 Å². The van der Waals surface area contributed by atoms with Crippen molar-refractivity contribution in [3.05, 3.63) is 0 Å². The molecular weight excluding hydrogens is 174 g/mol. The normalized spacial score (nSPS) is 13.8. The van der Waals surface area contributed by atoms with E-state index in [9.17, 15) is 0 Å². The van der Waals surface area contributed by atoms with Gasteiger partial charge in [-0.1, -0.05) is 0 Å². The maximum Gasteiger partial charge on any atom is 0.0639 e. The molecular formula is C8H19NO2S. The van der Waals surface area contributed by atoms with Crippen LogP contribution in [-0.4, -0.2) is 53.2 Å². The SMILES string of the molecule is CC(O)CN(CCO)CCCS. The first kappa shape index (κ1) is 12.2. The maximum atomic E-state index is 9.11. The minimum absolute atomic E-state index is 0.152. The van der Waals surface area contributed by atoms with Gasteiger partial charge in [-0.2, -0.15) is 12.6 Å². The Morgan fingerprint density at radius 2 is 2.08 bits per heavy atom. The molecule has 0 fully saturated rings. The van der Waals surface area contributed by atoms with Gasteiger partial charge in [-0.25, -0.2) is 0 Å². The third kappa shape index (κ3) is 6.91. The lowest BCUT2D eigenvalue weighted by molar-refractivity contribution is 0.112. The molecule has 0 amide bonds. The van der Waals surface area contributed by atoms with E-state index in [4.69, 9.17) is 10.2 Å². The quantitative estimate of drug-likeness (QED) is 0.498. The molecule has 0 aromatic heterocycles. The van der Waals surface area contributed by atoms with Crippen molar-refractivity contribution < 1.29 is 10.2 Å². The fourth-order valence-corrected chi connectivity index (χ4v) is 1.25. The van der Waals surface area contributed by atoms with Crippen molar-refractivity contribution in [3.8, 4) is 0 Å². The highest BCUT2D eigenvalue weighted by molar-refractivity contribution is 7.80. The highest BCUT2D eigenvalue weighted by atomic mass is 32.1. The smallest absolute Gasteiger partial charge is 0.0639 e. The van der Waals surface area contributed by atoms with Crippen LogP contribution in [0.4, 0.5) is 0 Å². The molecule has 1 atom stereocenters. The summed E-state index contributed by atoms with van der Waals surface area (Å²) in [4.78, 5) is 2.04. The predicted octanol–water partition coefficient (Wildman–Crippen LogP) is -0.0186. The zero-order chi connectivity index (χ0) is 9.40. The second kappa shape index (κ2) is 7.86. The van der Waals surface area contributed by atoms with Crippen molar-refractivity contribution in [2.75, 3.05) is 32.0 Å². The Labute approximate surface area is 79.8 Å². The standard InChI is InChI=1S/C8H19NO2S/c1-8(11)7-9(4-5-10)3-2-6-12/h8,10-12H,2-7H2,1H3. The van der Waals surface area contributed by atoms with E-state index in [-0.39, 0.29) is 12.7 Å². The number of aliphatic hydroxyl groups is 2. The Kier molecular flexibility index (Phi) is 8.01. The van der Waals surface area contributed by atoms with Gasteiger partial charge in [0.05, 0.1) is 12.7 Å². The summed E-state index contributed by atoms with van der Waals surface area (Å²) >= 11 is 4.10. The van der Waals surface area contributed by atoms with Crippen molar-refractivity contribution in [3.63, 3.8) is 0 Å². The highest BCUT2D eigenvalue weighted by Gasteiger charge is 2.06. The van der Waals surface area contributed by atoms with Crippen LogP contribution in [0, 0.1) is 0 Å². The van der Waals surface area contributed by atoms with Crippen molar-refractivity contribution in [2.24, 2.45) is 0 Å². The molecule has 0 radical (unpaired) electrons. The van der Waals surface area contributed by atoms with E-state index in [2.05, 4.69) is 12.6 Å². The van der Waals surface area contributed by atoms with Crippen molar-refractivity contribution in [2.45, 2.75) is 19.4 Å². The van der Waals surface area contributed by atoms with Gasteiger partial charge >= 0.3 is 0 Å². The first-order valence-electron chi connectivity index (χ1n) is 4.32. The fourth-order valence-electron chi connectivity index (χ4n) is 1.10. The summed E-state index contributed by atoms with van der Waals surface area (Å²) in [7, 11) is 0. The molecule has 0 aromatic carbocycles. The van der Waals surface area contributed by atoms with E-state index >= 15 is 0 Å². The molecule has 0 aromatic rings. The van der Waals surface area contributed by atoms with Crippen LogP contribution in [0.25, 0.3) is 0 Å². The van der Waals surface area contributed by atoms with Crippen LogP contribution in [0.15, 0.2) is 0 Å². The zero-order valence-corrected chi connectivity index (χ0v) is 8.50. The molecule has 0 aliphatic heterocycles. The van der Waals surface area contributed by atoms with Crippen molar-refractivity contribution >= 4 is 12.6 Å². The molecule has 74 valence electrons. The van der Waals surface area contributed by atoms with Crippen LogP contribution >= 0.6 is 12.6 Å². The van der Waals surface area contributed by atoms with Crippen molar-refractivity contribution in [1.29, 1.82) is 0 Å². The van der Waals surface area contributed by atoms with Gasteiger partial charge in [0.2, 0.25) is 0 Å². The zero-order valence-electron chi connectivity index (χ0n) is 7.61. The Bertz CT molecular complexity index is 101. The lowest BCUT2D eigenvalue weighted by Gasteiger charge is -2.22. The summed E-state index contributed by atoms with van der Waals surface area (Å²) in [5, 5.41) is 17.8. The van der Waals surface area contributed by atoms with Crippen LogP contribution in [0.1, 0.15) is 13.3 Å². The Balaban J connectivity index is 3.54. The first-order chi connectivity index (χ1) is 5.70. The van der Waals surface area contributed by atoms with E-state index < -0.39 is 0 Å². The topological polar surface area (TPSA) is 43.7 Å². The monoisotopic (exact) mass is 193 g/mol. The summed E-state index contributed by atoms with van der Waals surface area (Å²) in [5.41, 5.74) is 0. The Morgan fingerprint density at radius 3 is 2.50 bits per heavy atom. The summed E-state index contributed by atoms with van der Waals surface area (Å²) < 4.78 is 0. The molecule has 1 unspecified atom stereocenters. The van der Waals surface area contributed by atoms with E-state index in [0.29, 0.717) is 13.1 Å². The molecule has 0 aliphatic carbocycles. The van der Waals surface area contributed by atoms with Gasteiger partial charge in [-0.05, 0) is 25.6 Å². The molecule has 0 spiro atoms. The van der Waals surface area contributed by atoms with Crippen LogP contribution < -0.4 is 0 Å². The third-order valence-electron chi connectivity index (χ3n) is 1.57. The minimum atomic E-state index is -0.323. The van der Waals surface area contributed by atoms with E-state index in [1.165, 1.54) is 0 Å².